The van der Waals surface area contributed by atoms with E-state index in [0.717, 1.165) is 5.56 Å². The average molecular weight is 242 g/mol. The largest absolute Gasteiger partial charge is 0.398 e. The van der Waals surface area contributed by atoms with Crippen LogP contribution in [0.25, 0.3) is 0 Å². The highest BCUT2D eigenvalue weighted by atomic mass is 16.2. The smallest absolute Gasteiger partial charge is 0.262 e. The molecule has 92 valence electrons. The maximum Gasteiger partial charge on any atom is 0.262 e. The van der Waals surface area contributed by atoms with Crippen LogP contribution in [0.3, 0.4) is 0 Å². The predicted molar refractivity (Wildman–Crippen MR) is 70.4 cm³/mol. The van der Waals surface area contributed by atoms with Gasteiger partial charge in [-0.1, -0.05) is 12.1 Å². The van der Waals surface area contributed by atoms with Crippen LogP contribution in [0, 0.1) is 6.92 Å². The van der Waals surface area contributed by atoms with E-state index in [1.54, 1.807) is 37.6 Å². The molecule has 1 amide bonds. The van der Waals surface area contributed by atoms with Crippen LogP contribution in [0.4, 0.5) is 11.6 Å². The van der Waals surface area contributed by atoms with Gasteiger partial charge in [-0.25, -0.2) is 9.97 Å². The van der Waals surface area contributed by atoms with Gasteiger partial charge in [-0.2, -0.15) is 0 Å². The Balaban J connectivity index is 2.35. The molecular weight excluding hydrogens is 228 g/mol. The third kappa shape index (κ3) is 2.15. The lowest BCUT2D eigenvalue weighted by Gasteiger charge is -2.16. The summed E-state index contributed by atoms with van der Waals surface area (Å²) in [6, 6.07) is 7.07. The number of carbonyl (C=O) groups is 1. The first-order chi connectivity index (χ1) is 8.61. The molecule has 0 spiro atoms. The lowest BCUT2D eigenvalue weighted by Crippen LogP contribution is -2.28. The Kier molecular flexibility index (Phi) is 3.23. The van der Waals surface area contributed by atoms with E-state index in [0.29, 0.717) is 17.2 Å². The van der Waals surface area contributed by atoms with Crippen molar-refractivity contribution in [3.8, 4) is 0 Å². The number of amides is 1. The second-order valence-electron chi connectivity index (χ2n) is 3.95. The number of anilines is 2. The normalized spacial score (nSPS) is 10.1. The second kappa shape index (κ2) is 4.83. The Morgan fingerprint density at radius 1 is 1.22 bits per heavy atom. The number of aryl methyl sites for hydroxylation is 1. The van der Waals surface area contributed by atoms with E-state index in [2.05, 4.69) is 9.97 Å². The van der Waals surface area contributed by atoms with Gasteiger partial charge in [0, 0.05) is 25.1 Å². The molecule has 0 saturated carbocycles. The summed E-state index contributed by atoms with van der Waals surface area (Å²) in [5.74, 6) is 0.130. The van der Waals surface area contributed by atoms with E-state index >= 15 is 0 Å². The summed E-state index contributed by atoms with van der Waals surface area (Å²) in [6.07, 6.45) is 3.18. The number of para-hydroxylation sites is 1. The zero-order valence-electron chi connectivity index (χ0n) is 10.3. The van der Waals surface area contributed by atoms with Gasteiger partial charge in [0.2, 0.25) is 5.95 Å². The molecule has 0 atom stereocenters. The standard InChI is InChI=1S/C13H14N4O/c1-9-5-3-6-10(11(9)14)12(18)17(2)13-15-7-4-8-16-13/h3-8H,14H2,1-2H3. The van der Waals surface area contributed by atoms with Crippen LogP contribution in [0.1, 0.15) is 15.9 Å². The molecule has 2 N–H and O–H groups in total. The van der Waals surface area contributed by atoms with Crippen LogP contribution in [-0.2, 0) is 0 Å². The summed E-state index contributed by atoms with van der Waals surface area (Å²) < 4.78 is 0. The zero-order chi connectivity index (χ0) is 13.1. The van der Waals surface area contributed by atoms with Crippen molar-refractivity contribution in [1.29, 1.82) is 0 Å². The molecule has 1 heterocycles. The minimum absolute atomic E-state index is 0.220. The number of nitrogens with zero attached hydrogens (tertiary/aromatic N) is 3. The number of carbonyl (C=O) groups excluding carboxylic acids is 1. The molecule has 5 nitrogen and oxygen atoms in total. The van der Waals surface area contributed by atoms with Crippen LogP contribution in [0.2, 0.25) is 0 Å². The minimum atomic E-state index is -0.220. The molecule has 0 aliphatic heterocycles. The number of nitrogens with two attached hydrogens (primary N) is 1. The van der Waals surface area contributed by atoms with Crippen LogP contribution in [-0.4, -0.2) is 22.9 Å². The molecular formula is C13H14N4O. The summed E-state index contributed by atoms with van der Waals surface area (Å²) in [5.41, 5.74) is 7.74. The molecule has 5 heteroatoms. The average Bonchev–Trinajstić information content (AvgIpc) is 2.41. The summed E-state index contributed by atoms with van der Waals surface area (Å²) in [7, 11) is 1.62. The maximum absolute atomic E-state index is 12.3. The molecule has 0 aliphatic rings. The van der Waals surface area contributed by atoms with Gasteiger partial charge >= 0.3 is 0 Å². The Bertz CT molecular complexity index is 568. The molecule has 0 fully saturated rings. The minimum Gasteiger partial charge on any atom is -0.398 e. The second-order valence-corrected chi connectivity index (χ2v) is 3.95. The number of hydrogen-bond donors (Lipinski definition) is 1. The van der Waals surface area contributed by atoms with Gasteiger partial charge in [-0.3, -0.25) is 9.69 Å². The lowest BCUT2D eigenvalue weighted by atomic mass is 10.1. The van der Waals surface area contributed by atoms with Gasteiger partial charge in [0.25, 0.3) is 5.91 Å². The number of hydrogen-bond acceptors (Lipinski definition) is 4. The first-order valence-electron chi connectivity index (χ1n) is 5.51. The molecule has 0 bridgehead atoms. The topological polar surface area (TPSA) is 72.1 Å². The highest BCUT2D eigenvalue weighted by molar-refractivity contribution is 6.08. The first-order valence-corrected chi connectivity index (χ1v) is 5.51. The van der Waals surface area contributed by atoms with Crippen molar-refractivity contribution in [3.05, 3.63) is 47.8 Å². The van der Waals surface area contributed by atoms with Gasteiger partial charge in [-0.05, 0) is 24.6 Å². The Hall–Kier alpha value is -2.43. The molecule has 18 heavy (non-hydrogen) atoms. The van der Waals surface area contributed by atoms with Gasteiger partial charge in [0.15, 0.2) is 0 Å². The van der Waals surface area contributed by atoms with Gasteiger partial charge in [0.1, 0.15) is 0 Å². The molecule has 1 aromatic carbocycles. The van der Waals surface area contributed by atoms with E-state index in [-0.39, 0.29) is 5.91 Å². The number of nitrogen functional groups attached to an aromatic ring is 1. The summed E-state index contributed by atoms with van der Waals surface area (Å²) in [6.45, 7) is 1.87. The van der Waals surface area contributed by atoms with E-state index in [9.17, 15) is 4.79 Å². The quantitative estimate of drug-likeness (QED) is 0.813. The van der Waals surface area contributed by atoms with Gasteiger partial charge in [0.05, 0.1) is 5.56 Å². The van der Waals surface area contributed by atoms with Crippen molar-refractivity contribution < 1.29 is 4.79 Å². The van der Waals surface area contributed by atoms with Crippen LogP contribution < -0.4 is 10.6 Å². The van der Waals surface area contributed by atoms with Crippen LogP contribution in [0.5, 0.6) is 0 Å². The number of benzene rings is 1. The number of aromatic nitrogens is 2. The molecule has 0 unspecified atom stereocenters. The third-order valence-corrected chi connectivity index (χ3v) is 2.71. The fourth-order valence-corrected chi connectivity index (χ4v) is 1.60. The van der Waals surface area contributed by atoms with Crippen molar-refractivity contribution in [2.45, 2.75) is 6.92 Å². The highest BCUT2D eigenvalue weighted by Crippen LogP contribution is 2.19. The lowest BCUT2D eigenvalue weighted by molar-refractivity contribution is 0.0992. The molecule has 2 rings (SSSR count). The highest BCUT2D eigenvalue weighted by Gasteiger charge is 2.18. The summed E-state index contributed by atoms with van der Waals surface area (Å²) in [5, 5.41) is 0. The van der Waals surface area contributed by atoms with E-state index in [4.69, 9.17) is 5.73 Å². The summed E-state index contributed by atoms with van der Waals surface area (Å²) in [4.78, 5) is 21.7. The van der Waals surface area contributed by atoms with Gasteiger partial charge in [-0.15, -0.1) is 0 Å². The Morgan fingerprint density at radius 3 is 2.56 bits per heavy atom. The van der Waals surface area contributed by atoms with Crippen molar-refractivity contribution in [2.75, 3.05) is 17.7 Å². The molecule has 0 radical (unpaired) electrons. The Morgan fingerprint density at radius 2 is 1.89 bits per heavy atom. The monoisotopic (exact) mass is 242 g/mol. The maximum atomic E-state index is 12.3. The van der Waals surface area contributed by atoms with Gasteiger partial charge < -0.3 is 5.73 Å². The molecule has 1 aromatic heterocycles. The Labute approximate surface area is 105 Å². The fraction of sp³-hybridized carbons (Fsp3) is 0.154. The van der Waals surface area contributed by atoms with Crippen LogP contribution in [0.15, 0.2) is 36.7 Å². The number of rotatable bonds is 2. The SMILES string of the molecule is Cc1cccc(C(=O)N(C)c2ncccn2)c1N. The van der Waals surface area contributed by atoms with Crippen LogP contribution >= 0.6 is 0 Å². The van der Waals surface area contributed by atoms with E-state index < -0.39 is 0 Å². The predicted octanol–water partition coefficient (Wildman–Crippen LogP) is 1.64. The van der Waals surface area contributed by atoms with Crippen molar-refractivity contribution in [1.82, 2.24) is 9.97 Å². The van der Waals surface area contributed by atoms with E-state index in [1.807, 2.05) is 13.0 Å². The fourth-order valence-electron chi connectivity index (χ4n) is 1.60. The van der Waals surface area contributed by atoms with Crippen molar-refractivity contribution >= 4 is 17.5 Å². The summed E-state index contributed by atoms with van der Waals surface area (Å²) >= 11 is 0. The molecule has 2 aromatic rings. The third-order valence-electron chi connectivity index (χ3n) is 2.71. The zero-order valence-corrected chi connectivity index (χ0v) is 10.3. The molecule has 0 saturated heterocycles. The first kappa shape index (κ1) is 12.0. The van der Waals surface area contributed by atoms with E-state index in [1.165, 1.54) is 4.90 Å². The van der Waals surface area contributed by atoms with Crippen molar-refractivity contribution in [2.24, 2.45) is 0 Å². The molecule has 0 aliphatic carbocycles. The van der Waals surface area contributed by atoms with Crippen molar-refractivity contribution in [3.63, 3.8) is 0 Å².